The maximum Gasteiger partial charge on any atom is 0.409 e. The van der Waals surface area contributed by atoms with E-state index in [0.29, 0.717) is 30.6 Å². The van der Waals surface area contributed by atoms with Gasteiger partial charge in [0, 0.05) is 36.8 Å². The van der Waals surface area contributed by atoms with E-state index in [0.717, 1.165) is 18.7 Å². The van der Waals surface area contributed by atoms with Crippen LogP contribution in [0.1, 0.15) is 26.3 Å². The third kappa shape index (κ3) is 5.15. The van der Waals surface area contributed by atoms with Crippen LogP contribution < -0.4 is 0 Å². The highest BCUT2D eigenvalue weighted by atomic mass is 35.5. The summed E-state index contributed by atoms with van der Waals surface area (Å²) in [5, 5.41) is 0.700. The van der Waals surface area contributed by atoms with E-state index < -0.39 is 0 Å². The summed E-state index contributed by atoms with van der Waals surface area (Å²) in [6, 6.07) is 7.77. The van der Waals surface area contributed by atoms with Crippen LogP contribution in [-0.2, 0) is 4.74 Å². The van der Waals surface area contributed by atoms with Crippen molar-refractivity contribution in [2.24, 2.45) is 5.92 Å². The van der Waals surface area contributed by atoms with Crippen LogP contribution in [0.2, 0.25) is 5.02 Å². The van der Waals surface area contributed by atoms with Gasteiger partial charge in [0.05, 0.1) is 12.6 Å². The van der Waals surface area contributed by atoms with Crippen molar-refractivity contribution in [1.82, 2.24) is 9.80 Å². The Labute approximate surface area is 149 Å². The molecule has 1 aliphatic rings. The molecule has 5 heteroatoms. The highest BCUT2D eigenvalue weighted by molar-refractivity contribution is 6.30. The van der Waals surface area contributed by atoms with Crippen LogP contribution in [-0.4, -0.2) is 54.7 Å². The second kappa shape index (κ2) is 8.96. The Hall–Kier alpha value is -1.70. The van der Waals surface area contributed by atoms with Crippen LogP contribution in [0.5, 0.6) is 0 Å². The maximum atomic E-state index is 11.8. The SMILES string of the molecule is CCOC(=O)N1CCN(C(C#Cc2cccc(Cl)c2)C(C)C)CC1. The van der Waals surface area contributed by atoms with Crippen molar-refractivity contribution in [3.8, 4) is 11.8 Å². The molecule has 1 atom stereocenters. The van der Waals surface area contributed by atoms with Gasteiger partial charge in [0.15, 0.2) is 0 Å². The van der Waals surface area contributed by atoms with Gasteiger partial charge in [-0.25, -0.2) is 4.79 Å². The standard InChI is InChI=1S/C19H25ClN2O2/c1-4-24-19(23)22-12-10-21(11-13-22)18(15(2)3)9-8-16-6-5-7-17(20)14-16/h5-7,14-15,18H,4,10-13H2,1-3H3. The summed E-state index contributed by atoms with van der Waals surface area (Å²) >= 11 is 6.02. The zero-order chi connectivity index (χ0) is 17.5. The molecule has 1 aromatic carbocycles. The summed E-state index contributed by atoms with van der Waals surface area (Å²) in [6.07, 6.45) is -0.219. The molecular formula is C19H25ClN2O2. The number of hydrogen-bond donors (Lipinski definition) is 0. The number of hydrogen-bond acceptors (Lipinski definition) is 3. The highest BCUT2D eigenvalue weighted by Crippen LogP contribution is 2.15. The quantitative estimate of drug-likeness (QED) is 0.784. The molecule has 0 saturated carbocycles. The molecule has 1 amide bonds. The molecule has 0 aliphatic carbocycles. The molecule has 0 aromatic heterocycles. The molecule has 0 bridgehead atoms. The topological polar surface area (TPSA) is 32.8 Å². The van der Waals surface area contributed by atoms with Gasteiger partial charge in [-0.05, 0) is 31.0 Å². The molecule has 24 heavy (non-hydrogen) atoms. The summed E-state index contributed by atoms with van der Waals surface area (Å²) in [4.78, 5) is 15.9. The van der Waals surface area contributed by atoms with Crippen molar-refractivity contribution in [2.45, 2.75) is 26.8 Å². The predicted octanol–water partition coefficient (Wildman–Crippen LogP) is 3.49. The first-order valence-electron chi connectivity index (χ1n) is 8.44. The maximum absolute atomic E-state index is 11.8. The zero-order valence-electron chi connectivity index (χ0n) is 14.6. The highest BCUT2D eigenvalue weighted by Gasteiger charge is 2.27. The number of carbonyl (C=O) groups excluding carboxylic acids is 1. The Morgan fingerprint density at radius 3 is 2.58 bits per heavy atom. The lowest BCUT2D eigenvalue weighted by molar-refractivity contribution is 0.0677. The van der Waals surface area contributed by atoms with E-state index in [1.54, 1.807) is 4.90 Å². The molecule has 1 aromatic rings. The Morgan fingerprint density at radius 2 is 2.00 bits per heavy atom. The number of nitrogens with zero attached hydrogens (tertiary/aromatic N) is 2. The fourth-order valence-corrected chi connectivity index (χ4v) is 2.99. The van der Waals surface area contributed by atoms with Gasteiger partial charge in [-0.15, -0.1) is 0 Å². The van der Waals surface area contributed by atoms with Crippen LogP contribution in [0.15, 0.2) is 24.3 Å². The largest absolute Gasteiger partial charge is 0.450 e. The van der Waals surface area contributed by atoms with Crippen molar-refractivity contribution < 1.29 is 9.53 Å². The fourth-order valence-electron chi connectivity index (χ4n) is 2.80. The number of ether oxygens (including phenoxy) is 1. The number of carbonyl (C=O) groups is 1. The lowest BCUT2D eigenvalue weighted by atomic mass is 10.0. The second-order valence-electron chi connectivity index (χ2n) is 6.19. The molecule has 2 rings (SSSR count). The molecule has 1 saturated heterocycles. The van der Waals surface area contributed by atoms with Gasteiger partial charge in [0.25, 0.3) is 0 Å². The third-order valence-electron chi connectivity index (χ3n) is 4.05. The van der Waals surface area contributed by atoms with E-state index >= 15 is 0 Å². The van der Waals surface area contributed by atoms with Crippen LogP contribution in [0.25, 0.3) is 0 Å². The van der Waals surface area contributed by atoms with Gasteiger partial charge in [0.1, 0.15) is 0 Å². The molecule has 1 fully saturated rings. The Bertz CT molecular complexity index is 613. The molecule has 1 heterocycles. The predicted molar refractivity (Wildman–Crippen MR) is 97.1 cm³/mol. The molecule has 4 nitrogen and oxygen atoms in total. The normalized spacial score (nSPS) is 16.5. The molecule has 130 valence electrons. The third-order valence-corrected chi connectivity index (χ3v) is 4.29. The number of rotatable bonds is 3. The summed E-state index contributed by atoms with van der Waals surface area (Å²) in [6.45, 7) is 9.58. The molecule has 0 radical (unpaired) electrons. The van der Waals surface area contributed by atoms with Gasteiger partial charge in [-0.2, -0.15) is 0 Å². The summed E-state index contributed by atoms with van der Waals surface area (Å²) in [7, 11) is 0. The summed E-state index contributed by atoms with van der Waals surface area (Å²) < 4.78 is 5.07. The first-order chi connectivity index (χ1) is 11.5. The zero-order valence-corrected chi connectivity index (χ0v) is 15.3. The molecule has 0 spiro atoms. The van der Waals surface area contributed by atoms with Gasteiger partial charge >= 0.3 is 6.09 Å². The van der Waals surface area contributed by atoms with E-state index in [1.807, 2.05) is 31.2 Å². The number of piperazine rings is 1. The van der Waals surface area contributed by atoms with Crippen LogP contribution in [0.3, 0.4) is 0 Å². The van der Waals surface area contributed by atoms with E-state index in [2.05, 4.69) is 30.6 Å². The van der Waals surface area contributed by atoms with Gasteiger partial charge in [0.2, 0.25) is 0 Å². The molecule has 1 aliphatic heterocycles. The van der Waals surface area contributed by atoms with E-state index in [-0.39, 0.29) is 12.1 Å². The number of benzene rings is 1. The molecule has 1 unspecified atom stereocenters. The van der Waals surface area contributed by atoms with Crippen LogP contribution in [0, 0.1) is 17.8 Å². The van der Waals surface area contributed by atoms with Crippen molar-refractivity contribution in [2.75, 3.05) is 32.8 Å². The van der Waals surface area contributed by atoms with Crippen molar-refractivity contribution in [1.29, 1.82) is 0 Å². The minimum absolute atomic E-state index is 0.160. The first-order valence-corrected chi connectivity index (χ1v) is 8.82. The average Bonchev–Trinajstić information content (AvgIpc) is 2.55. The smallest absolute Gasteiger partial charge is 0.409 e. The lowest BCUT2D eigenvalue weighted by Crippen LogP contribution is -2.53. The summed E-state index contributed by atoms with van der Waals surface area (Å²) in [5.74, 6) is 7.03. The Kier molecular flexibility index (Phi) is 6.96. The lowest BCUT2D eigenvalue weighted by Gasteiger charge is -2.38. The number of amides is 1. The minimum atomic E-state index is -0.219. The monoisotopic (exact) mass is 348 g/mol. The fraction of sp³-hybridized carbons (Fsp3) is 0.526. The minimum Gasteiger partial charge on any atom is -0.450 e. The molecule has 0 N–H and O–H groups in total. The Balaban J connectivity index is 2.01. The van der Waals surface area contributed by atoms with Crippen molar-refractivity contribution in [3.05, 3.63) is 34.9 Å². The van der Waals surface area contributed by atoms with Crippen LogP contribution >= 0.6 is 11.6 Å². The van der Waals surface area contributed by atoms with Gasteiger partial charge in [-0.1, -0.05) is 43.4 Å². The Morgan fingerprint density at radius 1 is 1.29 bits per heavy atom. The van der Waals surface area contributed by atoms with Crippen LogP contribution in [0.4, 0.5) is 4.79 Å². The first kappa shape index (κ1) is 18.6. The van der Waals surface area contributed by atoms with E-state index in [9.17, 15) is 4.79 Å². The summed E-state index contributed by atoms with van der Waals surface area (Å²) in [5.41, 5.74) is 0.929. The number of halogens is 1. The van der Waals surface area contributed by atoms with Crippen molar-refractivity contribution >= 4 is 17.7 Å². The van der Waals surface area contributed by atoms with Gasteiger partial charge < -0.3 is 9.64 Å². The van der Waals surface area contributed by atoms with E-state index in [4.69, 9.17) is 16.3 Å². The second-order valence-corrected chi connectivity index (χ2v) is 6.63. The van der Waals surface area contributed by atoms with Gasteiger partial charge in [-0.3, -0.25) is 4.90 Å². The molecular weight excluding hydrogens is 324 g/mol. The van der Waals surface area contributed by atoms with E-state index in [1.165, 1.54) is 0 Å². The average molecular weight is 349 g/mol. The van der Waals surface area contributed by atoms with Crippen molar-refractivity contribution in [3.63, 3.8) is 0 Å².